The minimum absolute atomic E-state index is 0.199. The molecular formula is C10H8F2N2O. The fourth-order valence-electron chi connectivity index (χ4n) is 1.28. The van der Waals surface area contributed by atoms with Crippen LogP contribution in [0.1, 0.15) is 5.69 Å². The quantitative estimate of drug-likeness (QED) is 0.794. The van der Waals surface area contributed by atoms with Crippen LogP contribution in [0.5, 0.6) is 0 Å². The Morgan fingerprint density at radius 2 is 2.07 bits per heavy atom. The van der Waals surface area contributed by atoms with Gasteiger partial charge in [0.1, 0.15) is 11.6 Å². The first-order valence-electron chi connectivity index (χ1n) is 4.31. The molecule has 1 heterocycles. The number of hydrogen-bond donors (Lipinski definition) is 2. The molecule has 0 aliphatic heterocycles. The average Bonchev–Trinajstić information content (AvgIpc) is 2.66. The Morgan fingerprint density at radius 1 is 1.27 bits per heavy atom. The maximum atomic E-state index is 13.3. The van der Waals surface area contributed by atoms with Gasteiger partial charge in [0, 0.05) is 11.6 Å². The van der Waals surface area contributed by atoms with Crippen molar-refractivity contribution in [2.24, 2.45) is 0 Å². The standard InChI is InChI=1S/C10H8F2N2O/c11-6-1-2-8(9(12)3-6)10-4-7(5-15)13-14-10/h1-4,15H,5H2,(H,13,14). The zero-order valence-corrected chi connectivity index (χ0v) is 7.67. The molecule has 2 rings (SSSR count). The van der Waals surface area contributed by atoms with E-state index in [4.69, 9.17) is 5.11 Å². The third-order valence-electron chi connectivity index (χ3n) is 2.01. The molecule has 0 saturated heterocycles. The fourth-order valence-corrected chi connectivity index (χ4v) is 1.28. The molecule has 0 fully saturated rings. The van der Waals surface area contributed by atoms with Crippen molar-refractivity contribution >= 4 is 0 Å². The molecule has 5 heteroatoms. The molecule has 0 bridgehead atoms. The topological polar surface area (TPSA) is 48.9 Å². The zero-order chi connectivity index (χ0) is 10.8. The Bertz CT molecular complexity index is 482. The Morgan fingerprint density at radius 3 is 2.67 bits per heavy atom. The van der Waals surface area contributed by atoms with E-state index >= 15 is 0 Å². The lowest BCUT2D eigenvalue weighted by Crippen LogP contribution is -1.86. The highest BCUT2D eigenvalue weighted by Gasteiger charge is 2.09. The van der Waals surface area contributed by atoms with Gasteiger partial charge in [-0.15, -0.1) is 0 Å². The van der Waals surface area contributed by atoms with Crippen molar-refractivity contribution in [2.45, 2.75) is 6.61 Å². The first-order chi connectivity index (χ1) is 7.20. The summed E-state index contributed by atoms with van der Waals surface area (Å²) in [5, 5.41) is 15.1. The molecule has 0 spiro atoms. The second-order valence-corrected chi connectivity index (χ2v) is 3.06. The van der Waals surface area contributed by atoms with Gasteiger partial charge in [0.25, 0.3) is 0 Å². The number of nitrogens with zero attached hydrogens (tertiary/aromatic N) is 1. The van der Waals surface area contributed by atoms with Crippen LogP contribution in [-0.2, 0) is 6.61 Å². The number of H-pyrrole nitrogens is 1. The molecule has 2 aromatic rings. The van der Waals surface area contributed by atoms with Crippen molar-refractivity contribution in [3.63, 3.8) is 0 Å². The van der Waals surface area contributed by atoms with E-state index in [0.717, 1.165) is 12.1 Å². The van der Waals surface area contributed by atoms with Crippen LogP contribution in [0, 0.1) is 11.6 Å². The molecular weight excluding hydrogens is 202 g/mol. The SMILES string of the molecule is OCc1cc(-c2ccc(F)cc2F)n[nH]1. The van der Waals surface area contributed by atoms with Gasteiger partial charge in [-0.25, -0.2) is 8.78 Å². The second-order valence-electron chi connectivity index (χ2n) is 3.06. The predicted molar refractivity (Wildman–Crippen MR) is 49.9 cm³/mol. The summed E-state index contributed by atoms with van der Waals surface area (Å²) in [7, 11) is 0. The van der Waals surface area contributed by atoms with Crippen LogP contribution in [0.15, 0.2) is 24.3 Å². The molecule has 3 nitrogen and oxygen atoms in total. The lowest BCUT2D eigenvalue weighted by Gasteiger charge is -1.97. The van der Waals surface area contributed by atoms with Crippen molar-refractivity contribution in [3.05, 3.63) is 41.6 Å². The lowest BCUT2D eigenvalue weighted by molar-refractivity contribution is 0.276. The molecule has 0 unspecified atom stereocenters. The van der Waals surface area contributed by atoms with Crippen molar-refractivity contribution in [1.29, 1.82) is 0 Å². The summed E-state index contributed by atoms with van der Waals surface area (Å²) < 4.78 is 25.9. The van der Waals surface area contributed by atoms with Crippen LogP contribution in [0.25, 0.3) is 11.3 Å². The number of rotatable bonds is 2. The van der Waals surface area contributed by atoms with Gasteiger partial charge in [0.2, 0.25) is 0 Å². The summed E-state index contributed by atoms with van der Waals surface area (Å²) >= 11 is 0. The smallest absolute Gasteiger partial charge is 0.135 e. The third-order valence-corrected chi connectivity index (χ3v) is 2.01. The van der Waals surface area contributed by atoms with Gasteiger partial charge in [0.15, 0.2) is 0 Å². The molecule has 1 aromatic carbocycles. The number of aromatic amines is 1. The van der Waals surface area contributed by atoms with Crippen molar-refractivity contribution in [2.75, 3.05) is 0 Å². The van der Waals surface area contributed by atoms with Crippen LogP contribution >= 0.6 is 0 Å². The Kier molecular flexibility index (Phi) is 2.47. The van der Waals surface area contributed by atoms with E-state index in [1.165, 1.54) is 12.1 Å². The highest BCUT2D eigenvalue weighted by molar-refractivity contribution is 5.59. The Balaban J connectivity index is 2.44. The van der Waals surface area contributed by atoms with Gasteiger partial charge in [-0.05, 0) is 18.2 Å². The zero-order valence-electron chi connectivity index (χ0n) is 7.67. The number of benzene rings is 1. The summed E-state index contributed by atoms with van der Waals surface area (Å²) in [4.78, 5) is 0. The molecule has 2 N–H and O–H groups in total. The minimum Gasteiger partial charge on any atom is -0.390 e. The number of aromatic nitrogens is 2. The average molecular weight is 210 g/mol. The molecule has 1 aromatic heterocycles. The van der Waals surface area contributed by atoms with E-state index in [2.05, 4.69) is 10.2 Å². The largest absolute Gasteiger partial charge is 0.390 e. The summed E-state index contributed by atoms with van der Waals surface area (Å²) in [6.45, 7) is -0.199. The monoisotopic (exact) mass is 210 g/mol. The van der Waals surface area contributed by atoms with E-state index in [1.54, 1.807) is 0 Å². The Labute approximate surface area is 84.4 Å². The van der Waals surface area contributed by atoms with Crippen LogP contribution in [0.2, 0.25) is 0 Å². The van der Waals surface area contributed by atoms with Crippen LogP contribution in [0.3, 0.4) is 0 Å². The maximum absolute atomic E-state index is 13.3. The number of hydrogen-bond acceptors (Lipinski definition) is 2. The second kappa shape index (κ2) is 3.78. The highest BCUT2D eigenvalue weighted by atomic mass is 19.1. The van der Waals surface area contributed by atoms with Gasteiger partial charge in [-0.1, -0.05) is 0 Å². The van der Waals surface area contributed by atoms with E-state index in [1.807, 2.05) is 0 Å². The van der Waals surface area contributed by atoms with Crippen LogP contribution in [-0.4, -0.2) is 15.3 Å². The first kappa shape index (κ1) is 9.79. The molecule has 0 aliphatic carbocycles. The van der Waals surface area contributed by atoms with Gasteiger partial charge in [-0.3, -0.25) is 5.10 Å². The predicted octanol–water partition coefficient (Wildman–Crippen LogP) is 1.85. The van der Waals surface area contributed by atoms with Gasteiger partial charge in [-0.2, -0.15) is 5.10 Å². The first-order valence-corrected chi connectivity index (χ1v) is 4.31. The van der Waals surface area contributed by atoms with Crippen LogP contribution < -0.4 is 0 Å². The molecule has 0 aliphatic rings. The Hall–Kier alpha value is -1.75. The van der Waals surface area contributed by atoms with Gasteiger partial charge >= 0.3 is 0 Å². The number of nitrogens with one attached hydrogen (secondary N) is 1. The third kappa shape index (κ3) is 1.87. The van der Waals surface area contributed by atoms with Gasteiger partial charge < -0.3 is 5.11 Å². The molecule has 0 atom stereocenters. The highest BCUT2D eigenvalue weighted by Crippen LogP contribution is 2.21. The van der Waals surface area contributed by atoms with Crippen molar-refractivity contribution in [1.82, 2.24) is 10.2 Å². The normalized spacial score (nSPS) is 10.6. The molecule has 78 valence electrons. The lowest BCUT2D eigenvalue weighted by atomic mass is 10.1. The molecule has 0 saturated carbocycles. The van der Waals surface area contributed by atoms with Crippen molar-refractivity contribution in [3.8, 4) is 11.3 Å². The summed E-state index contributed by atoms with van der Waals surface area (Å²) in [6, 6.07) is 4.77. The fraction of sp³-hybridized carbons (Fsp3) is 0.100. The van der Waals surface area contributed by atoms with E-state index in [0.29, 0.717) is 11.4 Å². The summed E-state index contributed by atoms with van der Waals surface area (Å²) in [6.07, 6.45) is 0. The summed E-state index contributed by atoms with van der Waals surface area (Å²) in [5.41, 5.74) is 1.03. The summed E-state index contributed by atoms with van der Waals surface area (Å²) in [5.74, 6) is -1.31. The van der Waals surface area contributed by atoms with E-state index in [9.17, 15) is 8.78 Å². The number of halogens is 2. The maximum Gasteiger partial charge on any atom is 0.135 e. The van der Waals surface area contributed by atoms with Crippen LogP contribution in [0.4, 0.5) is 8.78 Å². The van der Waals surface area contributed by atoms with Crippen molar-refractivity contribution < 1.29 is 13.9 Å². The van der Waals surface area contributed by atoms with Gasteiger partial charge in [0.05, 0.1) is 18.0 Å². The molecule has 0 radical (unpaired) electrons. The number of aliphatic hydroxyl groups is 1. The minimum atomic E-state index is -0.675. The number of aliphatic hydroxyl groups excluding tert-OH is 1. The van der Waals surface area contributed by atoms with E-state index < -0.39 is 11.6 Å². The van der Waals surface area contributed by atoms with E-state index in [-0.39, 0.29) is 12.2 Å². The molecule has 0 amide bonds. The molecule has 15 heavy (non-hydrogen) atoms.